The first-order valence-corrected chi connectivity index (χ1v) is 20.5. The number of unbranched alkanes of at least 4 members (excludes halogenated alkanes) is 5. The molecule has 0 aliphatic carbocycles. The fraction of sp³-hybridized carbons (Fsp3) is 0.405. The van der Waals surface area contributed by atoms with Gasteiger partial charge in [-0.15, -0.1) is 0 Å². The maximum atomic E-state index is 12.0. The van der Waals surface area contributed by atoms with E-state index in [1.807, 2.05) is 61.1 Å². The predicted octanol–water partition coefficient (Wildman–Crippen LogP) is 9.13. The van der Waals surface area contributed by atoms with Crippen LogP contribution < -0.4 is 14.5 Å². The van der Waals surface area contributed by atoms with Crippen LogP contribution in [0.15, 0.2) is 117 Å². The van der Waals surface area contributed by atoms with E-state index in [2.05, 4.69) is 77.4 Å². The first-order valence-electron chi connectivity index (χ1n) is 17.9. The van der Waals surface area contributed by atoms with Gasteiger partial charge in [0.1, 0.15) is 21.5 Å². The van der Waals surface area contributed by atoms with Crippen molar-refractivity contribution in [1.29, 1.82) is 0 Å². The number of hydrogen-bond acceptors (Lipinski definition) is 8. The molecule has 0 radical (unpaired) electrons. The van der Waals surface area contributed by atoms with Crippen LogP contribution in [0.5, 0.6) is 5.75 Å². The summed E-state index contributed by atoms with van der Waals surface area (Å²) in [4.78, 5) is 19.8. The summed E-state index contributed by atoms with van der Waals surface area (Å²) in [5, 5.41) is 0. The molecule has 0 aliphatic heterocycles. The van der Waals surface area contributed by atoms with Crippen molar-refractivity contribution in [2.45, 2.75) is 97.8 Å². The Kier molecular flexibility index (Phi) is 16.6. The number of nitrogens with zero attached hydrogens (tertiary/aromatic N) is 2. The van der Waals surface area contributed by atoms with Crippen LogP contribution in [0.25, 0.3) is 0 Å². The van der Waals surface area contributed by atoms with Crippen LogP contribution in [0.1, 0.15) is 71.8 Å². The van der Waals surface area contributed by atoms with Gasteiger partial charge >= 0.3 is 5.97 Å². The van der Waals surface area contributed by atoms with E-state index in [9.17, 15) is 17.8 Å². The van der Waals surface area contributed by atoms with Gasteiger partial charge < -0.3 is 23.8 Å². The molecule has 0 fully saturated rings. The molecular formula is C42H56N2O6S2. The molecule has 0 aromatic heterocycles. The highest BCUT2D eigenvalue weighted by Gasteiger charge is 2.29. The highest BCUT2D eigenvalue weighted by atomic mass is 32.2. The van der Waals surface area contributed by atoms with Gasteiger partial charge in [0, 0.05) is 39.6 Å². The third-order valence-electron chi connectivity index (χ3n) is 8.06. The molecule has 0 atom stereocenters. The molecule has 4 aromatic carbocycles. The molecule has 0 saturated carbocycles. The van der Waals surface area contributed by atoms with Gasteiger partial charge in [-0.1, -0.05) is 57.2 Å². The molecule has 10 heteroatoms. The molecule has 52 heavy (non-hydrogen) atoms. The van der Waals surface area contributed by atoms with Gasteiger partial charge in [-0.25, -0.2) is 13.2 Å². The number of anilines is 2. The number of ether oxygens (including phenoxy) is 2. The summed E-state index contributed by atoms with van der Waals surface area (Å²) >= 11 is 0. The second-order valence-electron chi connectivity index (χ2n) is 14.0. The Labute approximate surface area is 315 Å². The number of carbonyl (C=O) groups is 1. The van der Waals surface area contributed by atoms with Gasteiger partial charge in [-0.3, -0.25) is 0 Å². The lowest BCUT2D eigenvalue weighted by Gasteiger charge is -2.19. The van der Waals surface area contributed by atoms with Crippen LogP contribution in [-0.4, -0.2) is 59.3 Å². The summed E-state index contributed by atoms with van der Waals surface area (Å²) in [5.41, 5.74) is 2.47. The molecule has 0 aliphatic rings. The maximum Gasteiger partial charge on any atom is 0.344 e. The smallest absolute Gasteiger partial charge is 0.344 e. The van der Waals surface area contributed by atoms with E-state index in [4.69, 9.17) is 9.47 Å². The van der Waals surface area contributed by atoms with E-state index in [1.165, 1.54) is 57.8 Å². The van der Waals surface area contributed by atoms with Crippen LogP contribution in [-0.2, 0) is 37.0 Å². The molecule has 4 aromatic rings. The molecule has 0 saturated heterocycles. The zero-order chi connectivity index (χ0) is 38.3. The lowest BCUT2D eigenvalue weighted by Crippen LogP contribution is -2.27. The summed E-state index contributed by atoms with van der Waals surface area (Å²) in [6.45, 7) is 7.60. The van der Waals surface area contributed by atoms with Gasteiger partial charge in [0.2, 0.25) is 0 Å². The zero-order valence-corrected chi connectivity index (χ0v) is 33.7. The number of hydrogen-bond donors (Lipinski definition) is 0. The minimum absolute atomic E-state index is 0.0569. The van der Waals surface area contributed by atoms with Crippen LogP contribution in [0.4, 0.5) is 11.4 Å². The fourth-order valence-corrected chi connectivity index (χ4v) is 8.18. The average Bonchev–Trinajstić information content (AvgIpc) is 3.09. The second kappa shape index (κ2) is 20.3. The molecule has 282 valence electrons. The van der Waals surface area contributed by atoms with Crippen LogP contribution >= 0.6 is 0 Å². The third-order valence-corrected chi connectivity index (χ3v) is 11.2. The van der Waals surface area contributed by atoms with Crippen molar-refractivity contribution >= 4 is 38.4 Å². The molecule has 4 rings (SSSR count). The molecule has 0 spiro atoms. The number of aryl methyl sites for hydroxylation is 1. The quantitative estimate of drug-likeness (QED) is 0.0485. The maximum absolute atomic E-state index is 12.0. The van der Waals surface area contributed by atoms with Crippen molar-refractivity contribution in [2.75, 3.05) is 44.6 Å². The number of benzene rings is 4. The number of carbonyl (C=O) groups excluding carboxylic acids is 1. The molecule has 0 heterocycles. The minimum atomic E-state index is -4.33. The van der Waals surface area contributed by atoms with Gasteiger partial charge in [-0.05, 0) is 118 Å². The second-order valence-corrected chi connectivity index (χ2v) is 17.4. The van der Waals surface area contributed by atoms with Gasteiger partial charge in [0.05, 0.1) is 15.8 Å². The average molecular weight is 749 g/mol. The van der Waals surface area contributed by atoms with Crippen molar-refractivity contribution in [2.24, 2.45) is 0 Å². The summed E-state index contributed by atoms with van der Waals surface area (Å²) in [5.74, 6) is 0.266. The van der Waals surface area contributed by atoms with Gasteiger partial charge in [0.15, 0.2) is 21.3 Å². The molecule has 0 amide bonds. The Hall–Kier alpha value is -3.99. The Morgan fingerprint density at radius 3 is 1.62 bits per heavy atom. The van der Waals surface area contributed by atoms with E-state index < -0.39 is 15.7 Å². The zero-order valence-electron chi connectivity index (χ0n) is 32.1. The lowest BCUT2D eigenvalue weighted by atomic mass is 10.1. The molecule has 0 bridgehead atoms. The Bertz CT molecular complexity index is 1720. The highest BCUT2D eigenvalue weighted by molar-refractivity contribution is 7.97. The minimum Gasteiger partial charge on any atom is -0.744 e. The van der Waals surface area contributed by atoms with E-state index >= 15 is 0 Å². The predicted molar refractivity (Wildman–Crippen MR) is 213 cm³/mol. The van der Waals surface area contributed by atoms with Crippen LogP contribution in [0.2, 0.25) is 0 Å². The van der Waals surface area contributed by atoms with Crippen molar-refractivity contribution in [3.63, 3.8) is 0 Å². The standard InChI is InChI=1S/C28H35N2O3S.C14H22O3S/c1-28(2,3)33-27(31)20-32-23-12-18-26(19-13-23)34(24-14-8-21(9-15-24)29(4)5)25-16-10-22(11-17-25)30(6)7;1-2-3-4-5-6-7-10-13-11-8-9-12-14(13)18(15,16)17/h8-19H,20H2,1-7H3;8-9,11-12H,2-7,10H2,1H3,(H,15,16,17)/q+1;/p-1. The fourth-order valence-electron chi connectivity index (χ4n) is 5.40. The van der Waals surface area contributed by atoms with E-state index in [1.54, 1.807) is 18.2 Å². The topological polar surface area (TPSA) is 99.2 Å². The normalized spacial score (nSPS) is 11.4. The van der Waals surface area contributed by atoms with Gasteiger partial charge in [-0.2, -0.15) is 0 Å². The van der Waals surface area contributed by atoms with Crippen molar-refractivity contribution in [3.8, 4) is 5.75 Å². The van der Waals surface area contributed by atoms with Crippen molar-refractivity contribution < 1.29 is 27.2 Å². The highest BCUT2D eigenvalue weighted by Crippen LogP contribution is 2.34. The van der Waals surface area contributed by atoms with Gasteiger partial charge in [0.25, 0.3) is 0 Å². The van der Waals surface area contributed by atoms with Crippen LogP contribution in [0, 0.1) is 0 Å². The summed E-state index contributed by atoms with van der Waals surface area (Å²) in [7, 11) is 3.57. The number of rotatable bonds is 16. The van der Waals surface area contributed by atoms with E-state index in [0.29, 0.717) is 17.7 Å². The molecule has 0 N–H and O–H groups in total. The van der Waals surface area contributed by atoms with E-state index in [0.717, 1.165) is 12.8 Å². The Morgan fingerprint density at radius 2 is 1.15 bits per heavy atom. The first kappa shape index (κ1) is 42.4. The molecular weight excluding hydrogens is 693 g/mol. The first-order chi connectivity index (χ1) is 24.6. The van der Waals surface area contributed by atoms with Crippen molar-refractivity contribution in [3.05, 3.63) is 103 Å². The summed E-state index contributed by atoms with van der Waals surface area (Å²) < 4.78 is 44.2. The third kappa shape index (κ3) is 14.2. The number of esters is 1. The molecule has 0 unspecified atom stereocenters. The summed E-state index contributed by atoms with van der Waals surface area (Å²) in [6, 6.07) is 31.9. The molecule has 8 nitrogen and oxygen atoms in total. The Balaban J connectivity index is 0.000000341. The lowest BCUT2D eigenvalue weighted by molar-refractivity contribution is -0.157. The van der Waals surface area contributed by atoms with Crippen molar-refractivity contribution in [1.82, 2.24) is 0 Å². The largest absolute Gasteiger partial charge is 0.744 e. The SMILES string of the molecule is CCCCCCCCc1ccccc1S(=O)(=O)[O-].CN(C)c1ccc([S+](c2ccc(OCC(=O)OC(C)(C)C)cc2)c2ccc(N(C)C)cc2)cc1. The van der Waals surface area contributed by atoms with E-state index in [-0.39, 0.29) is 28.4 Å². The monoisotopic (exact) mass is 748 g/mol. The van der Waals surface area contributed by atoms with Crippen LogP contribution in [0.3, 0.4) is 0 Å². The Morgan fingerprint density at radius 1 is 0.692 bits per heavy atom. The summed E-state index contributed by atoms with van der Waals surface area (Å²) in [6.07, 6.45) is 7.59.